The molecule has 1 aromatic rings. The summed E-state index contributed by atoms with van der Waals surface area (Å²) in [5, 5.41) is 17.4. The van der Waals surface area contributed by atoms with E-state index in [0.717, 1.165) is 18.9 Å². The Labute approximate surface area is 213 Å². The van der Waals surface area contributed by atoms with Crippen molar-refractivity contribution in [2.45, 2.75) is 90.1 Å². The molecule has 0 aromatic heterocycles. The molecule has 1 aromatic carbocycles. The van der Waals surface area contributed by atoms with Crippen molar-refractivity contribution in [3.63, 3.8) is 0 Å². The third-order valence-corrected chi connectivity index (χ3v) is 7.17. The average Bonchev–Trinajstić information content (AvgIpc) is 3.42. The van der Waals surface area contributed by atoms with Crippen LogP contribution in [0.5, 0.6) is 0 Å². The molecule has 2 amide bonds. The molecule has 2 unspecified atom stereocenters. The number of likely N-dealkylation sites (tertiary alicyclic amines) is 1. The Balaban J connectivity index is 1.72. The minimum Gasteiger partial charge on any atom is -0.389 e. The van der Waals surface area contributed by atoms with Crippen LogP contribution in [0, 0.1) is 23.5 Å². The number of amides is 2. The molecular weight excluding hydrogens is 468 g/mol. The van der Waals surface area contributed by atoms with E-state index in [2.05, 4.69) is 24.5 Å². The number of hydrogen-bond acceptors (Lipinski definition) is 5. The molecule has 2 saturated heterocycles. The van der Waals surface area contributed by atoms with Crippen LogP contribution in [0.1, 0.15) is 58.9 Å². The highest BCUT2D eigenvalue weighted by Gasteiger charge is 2.39. The molecule has 3 rings (SSSR count). The van der Waals surface area contributed by atoms with Crippen LogP contribution >= 0.6 is 0 Å². The predicted molar refractivity (Wildman–Crippen MR) is 133 cm³/mol. The average molecular weight is 510 g/mol. The summed E-state index contributed by atoms with van der Waals surface area (Å²) in [7, 11) is 0. The van der Waals surface area contributed by atoms with E-state index in [1.165, 1.54) is 12.1 Å². The summed E-state index contributed by atoms with van der Waals surface area (Å²) >= 11 is 0. The molecule has 6 atom stereocenters. The van der Waals surface area contributed by atoms with Gasteiger partial charge in [0.15, 0.2) is 0 Å². The molecule has 0 spiro atoms. The lowest BCUT2D eigenvalue weighted by molar-refractivity contribution is -0.139. The summed E-state index contributed by atoms with van der Waals surface area (Å²) < 4.78 is 33.5. The van der Waals surface area contributed by atoms with Gasteiger partial charge >= 0.3 is 0 Å². The van der Waals surface area contributed by atoms with Crippen molar-refractivity contribution in [1.82, 2.24) is 15.5 Å². The Kier molecular flexibility index (Phi) is 10.2. The highest BCUT2D eigenvalue weighted by atomic mass is 19.1. The number of halogens is 2. The second-order valence-electron chi connectivity index (χ2n) is 10.7. The Morgan fingerprint density at radius 3 is 2.58 bits per heavy atom. The van der Waals surface area contributed by atoms with Crippen LogP contribution in [0.4, 0.5) is 8.78 Å². The lowest BCUT2D eigenvalue weighted by Gasteiger charge is -2.31. The summed E-state index contributed by atoms with van der Waals surface area (Å²) in [5.74, 6) is -1.55. The van der Waals surface area contributed by atoms with Crippen LogP contribution in [0.2, 0.25) is 0 Å². The van der Waals surface area contributed by atoms with E-state index in [4.69, 9.17) is 4.74 Å². The number of rotatable bonds is 12. The summed E-state index contributed by atoms with van der Waals surface area (Å²) in [5.41, 5.74) is 0.329. The normalized spacial score (nSPS) is 24.8. The van der Waals surface area contributed by atoms with Crippen molar-refractivity contribution in [3.8, 4) is 0 Å². The minimum absolute atomic E-state index is 0.0241. The zero-order chi connectivity index (χ0) is 26.4. The number of hydrogen-bond donors (Lipinski definition) is 3. The number of carbonyl (C=O) groups excluding carboxylic acids is 2. The smallest absolute Gasteiger partial charge is 0.242 e. The molecule has 0 aliphatic carbocycles. The zero-order valence-corrected chi connectivity index (χ0v) is 21.8. The Bertz CT molecular complexity index is 880. The monoisotopic (exact) mass is 509 g/mol. The van der Waals surface area contributed by atoms with Gasteiger partial charge in [-0.3, -0.25) is 9.59 Å². The number of carbonyl (C=O) groups is 2. The maximum atomic E-state index is 13.9. The molecule has 9 heteroatoms. The Morgan fingerprint density at radius 1 is 1.25 bits per heavy atom. The number of aliphatic hydroxyl groups is 1. The fraction of sp³-hybridized carbons (Fsp3) is 0.704. The van der Waals surface area contributed by atoms with Crippen LogP contribution in [-0.4, -0.2) is 71.9 Å². The van der Waals surface area contributed by atoms with Gasteiger partial charge < -0.3 is 25.4 Å². The highest BCUT2D eigenvalue weighted by molar-refractivity contribution is 5.89. The van der Waals surface area contributed by atoms with Gasteiger partial charge in [0.2, 0.25) is 11.8 Å². The first kappa shape index (κ1) is 28.5. The number of benzene rings is 1. The third-order valence-electron chi connectivity index (χ3n) is 7.17. The summed E-state index contributed by atoms with van der Waals surface area (Å²) in [6.45, 7) is 9.55. The van der Waals surface area contributed by atoms with Crippen LogP contribution in [-0.2, 0) is 20.7 Å². The molecule has 0 saturated carbocycles. The number of nitrogens with one attached hydrogen (secondary N) is 2. The molecule has 0 radical (unpaired) electrons. The standard InChI is InChI=1S/C27H41F2N3O4/c1-5-8-36-22-14-23(30-15-22)25(33)24(12-18-10-20(28)13-21(29)11-18)31-26(34)17(4)32-7-6-19(27(32)35)9-16(2)3/h10-11,13,16-17,19,22-25,30,33H,5-9,12,14-15H2,1-4H3,(H,31,34)/t17-,19+,22?,23+,24?,25+/m0/s1. The molecular formula is C27H41F2N3O4. The maximum Gasteiger partial charge on any atom is 0.242 e. The van der Waals surface area contributed by atoms with Crippen molar-refractivity contribution < 1.29 is 28.2 Å². The van der Waals surface area contributed by atoms with Gasteiger partial charge in [0.25, 0.3) is 0 Å². The van der Waals surface area contributed by atoms with Crippen molar-refractivity contribution in [2.75, 3.05) is 19.7 Å². The van der Waals surface area contributed by atoms with Crippen LogP contribution in [0.25, 0.3) is 0 Å². The van der Waals surface area contributed by atoms with Gasteiger partial charge in [0.1, 0.15) is 17.7 Å². The number of aliphatic hydroxyl groups excluding tert-OH is 1. The van der Waals surface area contributed by atoms with Crippen LogP contribution in [0.15, 0.2) is 18.2 Å². The molecule has 2 aliphatic rings. The van der Waals surface area contributed by atoms with Gasteiger partial charge in [-0.15, -0.1) is 0 Å². The summed E-state index contributed by atoms with van der Waals surface area (Å²) in [6.07, 6.45) is 1.91. The van der Waals surface area contributed by atoms with Gasteiger partial charge in [0.05, 0.1) is 18.2 Å². The number of ether oxygens (including phenoxy) is 1. The maximum absolute atomic E-state index is 13.9. The second-order valence-corrected chi connectivity index (χ2v) is 10.7. The second kappa shape index (κ2) is 12.9. The highest BCUT2D eigenvalue weighted by Crippen LogP contribution is 2.27. The van der Waals surface area contributed by atoms with E-state index >= 15 is 0 Å². The van der Waals surface area contributed by atoms with E-state index in [9.17, 15) is 23.5 Å². The van der Waals surface area contributed by atoms with Gasteiger partial charge in [-0.2, -0.15) is 0 Å². The first-order chi connectivity index (χ1) is 17.1. The van der Waals surface area contributed by atoms with Crippen molar-refractivity contribution in [3.05, 3.63) is 35.4 Å². The summed E-state index contributed by atoms with van der Waals surface area (Å²) in [6, 6.07) is 1.31. The molecule has 7 nitrogen and oxygen atoms in total. The molecule has 202 valence electrons. The SMILES string of the molecule is CCCOC1CN[C@@H]([C@@H](O)C(Cc2cc(F)cc(F)c2)NC(=O)[C@H](C)N2CC[C@H](CC(C)C)C2=O)C1. The zero-order valence-electron chi connectivity index (χ0n) is 21.8. The molecule has 36 heavy (non-hydrogen) atoms. The molecule has 2 aliphatic heterocycles. The fourth-order valence-electron chi connectivity index (χ4n) is 5.30. The Hall–Kier alpha value is -2.10. The molecule has 2 fully saturated rings. The van der Waals surface area contributed by atoms with Gasteiger partial charge in [-0.25, -0.2) is 8.78 Å². The van der Waals surface area contributed by atoms with Crippen molar-refractivity contribution in [2.24, 2.45) is 11.8 Å². The lowest BCUT2D eigenvalue weighted by atomic mass is 9.94. The van der Waals surface area contributed by atoms with Crippen LogP contribution < -0.4 is 10.6 Å². The van der Waals surface area contributed by atoms with Crippen molar-refractivity contribution >= 4 is 11.8 Å². The van der Waals surface area contributed by atoms with Crippen molar-refractivity contribution in [1.29, 1.82) is 0 Å². The van der Waals surface area contributed by atoms with E-state index in [0.29, 0.717) is 44.0 Å². The lowest BCUT2D eigenvalue weighted by Crippen LogP contribution is -2.56. The molecule has 3 N–H and O–H groups in total. The van der Waals surface area contributed by atoms with Crippen LogP contribution in [0.3, 0.4) is 0 Å². The largest absolute Gasteiger partial charge is 0.389 e. The first-order valence-electron chi connectivity index (χ1n) is 13.2. The van der Waals surface area contributed by atoms with E-state index in [1.54, 1.807) is 11.8 Å². The summed E-state index contributed by atoms with van der Waals surface area (Å²) in [4.78, 5) is 27.7. The minimum atomic E-state index is -1.02. The number of nitrogens with zero attached hydrogens (tertiary/aromatic N) is 1. The molecule has 2 heterocycles. The van der Waals surface area contributed by atoms with E-state index in [1.807, 2.05) is 6.92 Å². The Morgan fingerprint density at radius 2 is 1.94 bits per heavy atom. The van der Waals surface area contributed by atoms with E-state index < -0.39 is 35.7 Å². The van der Waals surface area contributed by atoms with Gasteiger partial charge in [0, 0.05) is 37.7 Å². The third kappa shape index (κ3) is 7.46. The van der Waals surface area contributed by atoms with E-state index in [-0.39, 0.29) is 30.4 Å². The topological polar surface area (TPSA) is 90.9 Å². The first-order valence-corrected chi connectivity index (χ1v) is 13.2. The molecule has 0 bridgehead atoms. The fourth-order valence-corrected chi connectivity index (χ4v) is 5.30. The van der Waals surface area contributed by atoms with Gasteiger partial charge in [-0.05, 0) is 62.6 Å². The van der Waals surface area contributed by atoms with Gasteiger partial charge in [-0.1, -0.05) is 20.8 Å². The quantitative estimate of drug-likeness (QED) is 0.403. The predicted octanol–water partition coefficient (Wildman–Crippen LogP) is 2.79.